The largest absolute Gasteiger partial charge is 0.399 e. The molecule has 0 aliphatic heterocycles. The van der Waals surface area contributed by atoms with E-state index in [1.54, 1.807) is 6.20 Å². The van der Waals surface area contributed by atoms with Crippen molar-refractivity contribution in [2.75, 3.05) is 11.1 Å². The van der Waals surface area contributed by atoms with Crippen LogP contribution in [0.3, 0.4) is 0 Å². The van der Waals surface area contributed by atoms with Crippen molar-refractivity contribution in [2.24, 2.45) is 0 Å². The third kappa shape index (κ3) is 2.22. The van der Waals surface area contributed by atoms with E-state index in [1.165, 1.54) is 5.56 Å². The zero-order valence-electron chi connectivity index (χ0n) is 10.7. The van der Waals surface area contributed by atoms with E-state index >= 15 is 0 Å². The fourth-order valence-corrected chi connectivity index (χ4v) is 2.13. The van der Waals surface area contributed by atoms with Gasteiger partial charge in [-0.15, -0.1) is 0 Å². The molecule has 0 saturated heterocycles. The number of nitrogen functional groups attached to an aromatic ring is 1. The zero-order chi connectivity index (χ0) is 13.2. The molecule has 94 valence electrons. The predicted molar refractivity (Wildman–Crippen MR) is 80.6 cm³/mol. The second-order valence-corrected chi connectivity index (χ2v) is 4.58. The van der Waals surface area contributed by atoms with Crippen LogP contribution in [-0.2, 0) is 0 Å². The zero-order valence-corrected chi connectivity index (χ0v) is 10.7. The smallest absolute Gasteiger partial charge is 0.0743 e. The summed E-state index contributed by atoms with van der Waals surface area (Å²) in [5.41, 5.74) is 10.8. The first-order chi connectivity index (χ1) is 9.24. The van der Waals surface area contributed by atoms with Gasteiger partial charge in [-0.1, -0.05) is 18.2 Å². The van der Waals surface area contributed by atoms with E-state index in [1.807, 2.05) is 36.4 Å². The minimum absolute atomic E-state index is 0.730. The Balaban J connectivity index is 2.09. The second-order valence-electron chi connectivity index (χ2n) is 4.58. The Hall–Kier alpha value is -2.55. The predicted octanol–water partition coefficient (Wildman–Crippen LogP) is 3.87. The summed E-state index contributed by atoms with van der Waals surface area (Å²) in [7, 11) is 0. The molecule has 1 heterocycles. The maximum Gasteiger partial charge on any atom is 0.0743 e. The van der Waals surface area contributed by atoms with Gasteiger partial charge in [0.25, 0.3) is 0 Å². The number of para-hydroxylation sites is 1. The molecule has 0 fully saturated rings. The van der Waals surface area contributed by atoms with Crippen LogP contribution in [0, 0.1) is 6.92 Å². The Morgan fingerprint density at radius 1 is 1.00 bits per heavy atom. The standard InChI is InChI=1S/C16H15N3/c1-11-4-2-3-5-14(11)19-15-8-9-18-16-10-12(17)6-7-13(15)16/h2-10H,17H2,1H3,(H,18,19). The number of pyridine rings is 1. The summed E-state index contributed by atoms with van der Waals surface area (Å²) >= 11 is 0. The Morgan fingerprint density at radius 2 is 1.84 bits per heavy atom. The van der Waals surface area contributed by atoms with Crippen molar-refractivity contribution in [1.82, 2.24) is 4.98 Å². The van der Waals surface area contributed by atoms with E-state index in [0.717, 1.165) is 28.0 Å². The molecular formula is C16H15N3. The maximum atomic E-state index is 5.79. The number of rotatable bonds is 2. The molecular weight excluding hydrogens is 234 g/mol. The molecule has 19 heavy (non-hydrogen) atoms. The molecule has 3 rings (SSSR count). The number of anilines is 3. The lowest BCUT2D eigenvalue weighted by Gasteiger charge is -2.11. The van der Waals surface area contributed by atoms with Gasteiger partial charge in [-0.2, -0.15) is 0 Å². The van der Waals surface area contributed by atoms with E-state index in [9.17, 15) is 0 Å². The van der Waals surface area contributed by atoms with Gasteiger partial charge in [0.1, 0.15) is 0 Å². The minimum Gasteiger partial charge on any atom is -0.399 e. The maximum absolute atomic E-state index is 5.79. The van der Waals surface area contributed by atoms with Crippen molar-refractivity contribution in [3.05, 3.63) is 60.3 Å². The Morgan fingerprint density at radius 3 is 2.68 bits per heavy atom. The molecule has 0 unspecified atom stereocenters. The summed E-state index contributed by atoms with van der Waals surface area (Å²) < 4.78 is 0. The molecule has 3 heteroatoms. The summed E-state index contributed by atoms with van der Waals surface area (Å²) in [5, 5.41) is 4.52. The first-order valence-electron chi connectivity index (χ1n) is 6.21. The van der Waals surface area contributed by atoms with Gasteiger partial charge in [-0.25, -0.2) is 0 Å². The molecule has 0 radical (unpaired) electrons. The fraction of sp³-hybridized carbons (Fsp3) is 0.0625. The molecule has 3 aromatic rings. The highest BCUT2D eigenvalue weighted by molar-refractivity contribution is 5.94. The highest BCUT2D eigenvalue weighted by Crippen LogP contribution is 2.27. The number of nitrogens with one attached hydrogen (secondary N) is 1. The molecule has 0 aliphatic rings. The molecule has 2 aromatic carbocycles. The quantitative estimate of drug-likeness (QED) is 0.678. The first kappa shape index (κ1) is 11.5. The Bertz CT molecular complexity index is 735. The molecule has 0 spiro atoms. The first-order valence-corrected chi connectivity index (χ1v) is 6.21. The van der Waals surface area contributed by atoms with E-state index < -0.39 is 0 Å². The lowest BCUT2D eigenvalue weighted by Crippen LogP contribution is -1.95. The minimum atomic E-state index is 0.730. The number of hydrogen-bond acceptors (Lipinski definition) is 3. The average Bonchev–Trinajstić information content (AvgIpc) is 2.41. The number of nitrogens with zero attached hydrogens (tertiary/aromatic N) is 1. The van der Waals surface area contributed by atoms with Crippen LogP contribution in [0.25, 0.3) is 10.9 Å². The Labute approximate surface area is 112 Å². The molecule has 0 amide bonds. The van der Waals surface area contributed by atoms with E-state index in [-0.39, 0.29) is 0 Å². The third-order valence-corrected chi connectivity index (χ3v) is 3.18. The number of nitrogens with two attached hydrogens (primary N) is 1. The van der Waals surface area contributed by atoms with Gasteiger partial charge in [-0.05, 0) is 42.8 Å². The van der Waals surface area contributed by atoms with Crippen LogP contribution in [0.4, 0.5) is 17.1 Å². The fourth-order valence-electron chi connectivity index (χ4n) is 2.13. The van der Waals surface area contributed by atoms with Crippen molar-refractivity contribution in [1.29, 1.82) is 0 Å². The van der Waals surface area contributed by atoms with Crippen LogP contribution in [0.15, 0.2) is 54.7 Å². The molecule has 0 aliphatic carbocycles. The molecule has 3 nitrogen and oxygen atoms in total. The number of benzene rings is 2. The molecule has 0 bridgehead atoms. The van der Waals surface area contributed by atoms with Crippen LogP contribution in [-0.4, -0.2) is 4.98 Å². The topological polar surface area (TPSA) is 50.9 Å². The third-order valence-electron chi connectivity index (χ3n) is 3.18. The highest BCUT2D eigenvalue weighted by Gasteiger charge is 2.04. The SMILES string of the molecule is Cc1ccccc1Nc1ccnc2cc(N)ccc12. The van der Waals surface area contributed by atoms with Crippen molar-refractivity contribution in [3.8, 4) is 0 Å². The normalized spacial score (nSPS) is 10.6. The summed E-state index contributed by atoms with van der Waals surface area (Å²) in [4.78, 5) is 4.35. The van der Waals surface area contributed by atoms with Gasteiger partial charge in [0.05, 0.1) is 5.52 Å². The van der Waals surface area contributed by atoms with E-state index in [2.05, 4.69) is 29.4 Å². The van der Waals surface area contributed by atoms with Gasteiger partial charge in [-0.3, -0.25) is 4.98 Å². The second kappa shape index (κ2) is 4.61. The monoisotopic (exact) mass is 249 g/mol. The lowest BCUT2D eigenvalue weighted by atomic mass is 10.1. The van der Waals surface area contributed by atoms with E-state index in [4.69, 9.17) is 5.73 Å². The van der Waals surface area contributed by atoms with Crippen LogP contribution in [0.1, 0.15) is 5.56 Å². The summed E-state index contributed by atoms with van der Waals surface area (Å²) in [6.45, 7) is 2.09. The summed E-state index contributed by atoms with van der Waals surface area (Å²) in [6, 6.07) is 16.0. The summed E-state index contributed by atoms with van der Waals surface area (Å²) in [5.74, 6) is 0. The van der Waals surface area contributed by atoms with Crippen molar-refractivity contribution >= 4 is 28.0 Å². The van der Waals surface area contributed by atoms with Crippen molar-refractivity contribution in [2.45, 2.75) is 6.92 Å². The summed E-state index contributed by atoms with van der Waals surface area (Å²) in [6.07, 6.45) is 1.79. The van der Waals surface area contributed by atoms with Gasteiger partial charge in [0.15, 0.2) is 0 Å². The van der Waals surface area contributed by atoms with Gasteiger partial charge < -0.3 is 11.1 Å². The van der Waals surface area contributed by atoms with Crippen molar-refractivity contribution in [3.63, 3.8) is 0 Å². The molecule has 1 aromatic heterocycles. The van der Waals surface area contributed by atoms with E-state index in [0.29, 0.717) is 0 Å². The highest BCUT2D eigenvalue weighted by atomic mass is 14.9. The molecule has 0 saturated carbocycles. The van der Waals surface area contributed by atoms with Gasteiger partial charge in [0, 0.05) is 28.6 Å². The van der Waals surface area contributed by atoms with Crippen LogP contribution < -0.4 is 11.1 Å². The Kier molecular flexibility index (Phi) is 2.80. The van der Waals surface area contributed by atoms with Crippen LogP contribution >= 0.6 is 0 Å². The lowest BCUT2D eigenvalue weighted by molar-refractivity contribution is 1.39. The van der Waals surface area contributed by atoms with Crippen molar-refractivity contribution < 1.29 is 0 Å². The number of hydrogen-bond donors (Lipinski definition) is 2. The number of fused-ring (bicyclic) bond motifs is 1. The average molecular weight is 249 g/mol. The molecule has 3 N–H and O–H groups in total. The van der Waals surface area contributed by atoms with Gasteiger partial charge >= 0.3 is 0 Å². The molecule has 0 atom stereocenters. The number of aryl methyl sites for hydroxylation is 1. The van der Waals surface area contributed by atoms with Gasteiger partial charge in [0.2, 0.25) is 0 Å². The van der Waals surface area contributed by atoms with Crippen LogP contribution in [0.2, 0.25) is 0 Å². The van der Waals surface area contributed by atoms with Crippen LogP contribution in [0.5, 0.6) is 0 Å². The number of aromatic nitrogens is 1.